The van der Waals surface area contributed by atoms with Crippen LogP contribution in [-0.2, 0) is 0 Å². The molecule has 1 heteroatoms. The van der Waals surface area contributed by atoms with Crippen LogP contribution in [-0.4, -0.2) is 5.33 Å². The van der Waals surface area contributed by atoms with Gasteiger partial charge < -0.3 is 0 Å². The number of rotatable bonds is 2. The van der Waals surface area contributed by atoms with Crippen molar-refractivity contribution in [3.63, 3.8) is 0 Å². The minimum absolute atomic E-state index is 0.471. The maximum Gasteiger partial charge on any atom is 0.00673 e. The molecule has 14 heavy (non-hydrogen) atoms. The van der Waals surface area contributed by atoms with E-state index in [1.165, 1.54) is 43.9 Å². The van der Waals surface area contributed by atoms with E-state index in [2.05, 4.69) is 36.7 Å². The third kappa shape index (κ3) is 3.56. The molecule has 0 aromatic heterocycles. The van der Waals surface area contributed by atoms with E-state index in [1.54, 1.807) is 0 Å². The fourth-order valence-corrected chi connectivity index (χ4v) is 4.28. The molecule has 0 aromatic carbocycles. The lowest BCUT2D eigenvalue weighted by Crippen LogP contribution is -2.29. The SMILES string of the molecule is CC(C)(C)C(CBr)C1CCCCCC1. The molecule has 0 amide bonds. The van der Waals surface area contributed by atoms with Crippen molar-refractivity contribution >= 4 is 15.9 Å². The third-order valence-corrected chi connectivity index (χ3v) is 4.45. The van der Waals surface area contributed by atoms with E-state index in [0.717, 1.165) is 11.8 Å². The largest absolute Gasteiger partial charge is 0.0925 e. The van der Waals surface area contributed by atoms with E-state index >= 15 is 0 Å². The predicted octanol–water partition coefficient (Wildman–Crippen LogP) is 5.01. The Hall–Kier alpha value is 0.480. The van der Waals surface area contributed by atoms with Crippen LogP contribution >= 0.6 is 15.9 Å². The van der Waals surface area contributed by atoms with Crippen LogP contribution in [0, 0.1) is 17.3 Å². The van der Waals surface area contributed by atoms with Gasteiger partial charge in [-0.15, -0.1) is 0 Å². The molecular weight excluding hydrogens is 236 g/mol. The minimum Gasteiger partial charge on any atom is -0.0925 e. The lowest BCUT2D eigenvalue weighted by molar-refractivity contribution is 0.168. The normalized spacial score (nSPS) is 23.1. The zero-order valence-electron chi connectivity index (χ0n) is 9.98. The summed E-state index contributed by atoms with van der Waals surface area (Å²) in [7, 11) is 0. The van der Waals surface area contributed by atoms with E-state index < -0.39 is 0 Å². The zero-order valence-corrected chi connectivity index (χ0v) is 11.6. The van der Waals surface area contributed by atoms with E-state index in [-0.39, 0.29) is 0 Å². The first-order valence-corrected chi connectivity index (χ1v) is 7.24. The Morgan fingerprint density at radius 3 is 1.93 bits per heavy atom. The van der Waals surface area contributed by atoms with Gasteiger partial charge in [-0.05, 0) is 17.3 Å². The Bertz CT molecular complexity index is 149. The van der Waals surface area contributed by atoms with Gasteiger partial charge in [0, 0.05) is 5.33 Å². The maximum absolute atomic E-state index is 3.71. The second-order valence-electron chi connectivity index (χ2n) is 5.88. The van der Waals surface area contributed by atoms with Crippen LogP contribution in [0.4, 0.5) is 0 Å². The smallest absolute Gasteiger partial charge is 0.00673 e. The van der Waals surface area contributed by atoms with Crippen molar-refractivity contribution in [2.24, 2.45) is 17.3 Å². The summed E-state index contributed by atoms with van der Waals surface area (Å²) in [6.07, 6.45) is 8.79. The first-order chi connectivity index (χ1) is 6.55. The van der Waals surface area contributed by atoms with Crippen LogP contribution in [0.1, 0.15) is 59.3 Å². The van der Waals surface area contributed by atoms with Crippen LogP contribution < -0.4 is 0 Å². The highest BCUT2D eigenvalue weighted by Gasteiger charge is 2.31. The number of hydrogen-bond donors (Lipinski definition) is 0. The monoisotopic (exact) mass is 260 g/mol. The lowest BCUT2D eigenvalue weighted by Gasteiger charge is -2.35. The van der Waals surface area contributed by atoms with Crippen molar-refractivity contribution in [1.82, 2.24) is 0 Å². The third-order valence-electron chi connectivity index (χ3n) is 3.75. The zero-order chi connectivity index (χ0) is 10.6. The number of halogens is 1. The van der Waals surface area contributed by atoms with Gasteiger partial charge in [-0.2, -0.15) is 0 Å². The van der Waals surface area contributed by atoms with Gasteiger partial charge in [-0.3, -0.25) is 0 Å². The molecular formula is C13H25Br. The molecule has 1 atom stereocenters. The molecule has 1 fully saturated rings. The molecule has 0 aromatic rings. The molecule has 1 rings (SSSR count). The molecule has 1 saturated carbocycles. The number of alkyl halides is 1. The first-order valence-electron chi connectivity index (χ1n) is 6.11. The highest BCUT2D eigenvalue weighted by atomic mass is 79.9. The summed E-state index contributed by atoms with van der Waals surface area (Å²) in [5.41, 5.74) is 0.471. The van der Waals surface area contributed by atoms with Gasteiger partial charge in [-0.1, -0.05) is 75.2 Å². The summed E-state index contributed by atoms with van der Waals surface area (Å²) in [5.74, 6) is 1.83. The quantitative estimate of drug-likeness (QED) is 0.484. The summed E-state index contributed by atoms with van der Waals surface area (Å²) in [6, 6.07) is 0. The van der Waals surface area contributed by atoms with Crippen molar-refractivity contribution in [2.75, 3.05) is 5.33 Å². The van der Waals surface area contributed by atoms with Crippen LogP contribution in [0.15, 0.2) is 0 Å². The Labute approximate surface area is 98.0 Å². The van der Waals surface area contributed by atoms with Crippen LogP contribution in [0.5, 0.6) is 0 Å². The lowest BCUT2D eigenvalue weighted by atomic mass is 9.72. The summed E-state index contributed by atoms with van der Waals surface area (Å²) >= 11 is 3.71. The molecule has 0 saturated heterocycles. The molecule has 0 bridgehead atoms. The first kappa shape index (κ1) is 12.5. The average molecular weight is 261 g/mol. The van der Waals surface area contributed by atoms with E-state index in [0.29, 0.717) is 5.41 Å². The second kappa shape index (κ2) is 5.53. The summed E-state index contributed by atoms with van der Waals surface area (Å²) < 4.78 is 0. The molecule has 0 spiro atoms. The van der Waals surface area contributed by atoms with Crippen LogP contribution in [0.3, 0.4) is 0 Å². The van der Waals surface area contributed by atoms with Crippen molar-refractivity contribution in [3.8, 4) is 0 Å². The highest BCUT2D eigenvalue weighted by Crippen LogP contribution is 2.39. The molecule has 0 aliphatic heterocycles. The fourth-order valence-electron chi connectivity index (χ4n) is 2.78. The molecule has 0 N–H and O–H groups in total. The van der Waals surface area contributed by atoms with Crippen molar-refractivity contribution in [2.45, 2.75) is 59.3 Å². The van der Waals surface area contributed by atoms with Crippen molar-refractivity contribution in [1.29, 1.82) is 0 Å². The molecule has 84 valence electrons. The predicted molar refractivity (Wildman–Crippen MR) is 67.9 cm³/mol. The van der Waals surface area contributed by atoms with Gasteiger partial charge in [0.1, 0.15) is 0 Å². The minimum atomic E-state index is 0.471. The number of hydrogen-bond acceptors (Lipinski definition) is 0. The molecule has 1 aliphatic carbocycles. The average Bonchev–Trinajstić information content (AvgIpc) is 2.31. The van der Waals surface area contributed by atoms with E-state index in [1.807, 2.05) is 0 Å². The summed E-state index contributed by atoms with van der Waals surface area (Å²) in [6.45, 7) is 7.18. The Morgan fingerprint density at radius 2 is 1.57 bits per heavy atom. The molecule has 1 unspecified atom stereocenters. The molecule has 0 radical (unpaired) electrons. The van der Waals surface area contributed by atoms with Gasteiger partial charge in [-0.25, -0.2) is 0 Å². The summed E-state index contributed by atoms with van der Waals surface area (Å²) in [5, 5.41) is 1.18. The van der Waals surface area contributed by atoms with Crippen molar-refractivity contribution in [3.05, 3.63) is 0 Å². The summed E-state index contributed by atoms with van der Waals surface area (Å²) in [4.78, 5) is 0. The van der Waals surface area contributed by atoms with Gasteiger partial charge in [0.15, 0.2) is 0 Å². The van der Waals surface area contributed by atoms with Gasteiger partial charge >= 0.3 is 0 Å². The van der Waals surface area contributed by atoms with Gasteiger partial charge in [0.25, 0.3) is 0 Å². The molecule has 0 heterocycles. The maximum atomic E-state index is 3.71. The Morgan fingerprint density at radius 1 is 1.07 bits per heavy atom. The van der Waals surface area contributed by atoms with Gasteiger partial charge in [0.05, 0.1) is 0 Å². The molecule has 0 nitrogen and oxygen atoms in total. The molecule has 1 aliphatic rings. The van der Waals surface area contributed by atoms with E-state index in [9.17, 15) is 0 Å². The Kier molecular flexibility index (Phi) is 4.96. The van der Waals surface area contributed by atoms with Crippen LogP contribution in [0.2, 0.25) is 0 Å². The van der Waals surface area contributed by atoms with Crippen molar-refractivity contribution < 1.29 is 0 Å². The standard InChI is InChI=1S/C13H25Br/c1-13(2,3)12(10-14)11-8-6-4-5-7-9-11/h11-12H,4-10H2,1-3H3. The topological polar surface area (TPSA) is 0 Å². The Balaban J connectivity index is 2.58. The van der Waals surface area contributed by atoms with E-state index in [4.69, 9.17) is 0 Å². The van der Waals surface area contributed by atoms with Crippen LogP contribution in [0.25, 0.3) is 0 Å². The van der Waals surface area contributed by atoms with Gasteiger partial charge in [0.2, 0.25) is 0 Å². The fraction of sp³-hybridized carbons (Fsp3) is 1.00. The second-order valence-corrected chi connectivity index (χ2v) is 6.53. The highest BCUT2D eigenvalue weighted by molar-refractivity contribution is 9.09.